The van der Waals surface area contributed by atoms with Crippen LogP contribution in [0.4, 0.5) is 16.3 Å². The smallest absolute Gasteiger partial charge is 0.319 e. The molecule has 160 valence electrons. The summed E-state index contributed by atoms with van der Waals surface area (Å²) in [7, 11) is 0. The molecule has 0 saturated carbocycles. The third-order valence-corrected chi connectivity index (χ3v) is 5.51. The van der Waals surface area contributed by atoms with Gasteiger partial charge in [0, 0.05) is 29.9 Å². The van der Waals surface area contributed by atoms with Crippen molar-refractivity contribution in [2.45, 2.75) is 45.9 Å². The summed E-state index contributed by atoms with van der Waals surface area (Å²) >= 11 is 0. The van der Waals surface area contributed by atoms with Gasteiger partial charge >= 0.3 is 6.03 Å². The van der Waals surface area contributed by atoms with Crippen LogP contribution in [0.5, 0.6) is 0 Å². The monoisotopic (exact) mass is 411 g/mol. The number of carbonyl (C=O) groups is 1. The molecule has 8 heteroatoms. The van der Waals surface area contributed by atoms with E-state index in [2.05, 4.69) is 22.5 Å². The number of amides is 2. The zero-order chi connectivity index (χ0) is 21.3. The molecular formula is C22H29N5O3. The Balaban J connectivity index is 1.70. The molecule has 1 saturated heterocycles. The van der Waals surface area contributed by atoms with Gasteiger partial charge in [-0.15, -0.1) is 0 Å². The van der Waals surface area contributed by atoms with Crippen molar-refractivity contribution in [1.82, 2.24) is 15.3 Å². The van der Waals surface area contributed by atoms with Crippen LogP contribution >= 0.6 is 0 Å². The van der Waals surface area contributed by atoms with E-state index in [-0.39, 0.29) is 12.1 Å². The lowest BCUT2D eigenvalue weighted by Crippen LogP contribution is -2.44. The fraction of sp³-hybridized carbons (Fsp3) is 0.500. The zero-order valence-electron chi connectivity index (χ0n) is 18.0. The number of rotatable bonds is 4. The number of fused-ring (bicyclic) bond motifs is 1. The minimum absolute atomic E-state index is 0.221. The molecule has 1 atom stereocenters. The summed E-state index contributed by atoms with van der Waals surface area (Å²) in [6.07, 6.45) is 0. The largest absolute Gasteiger partial charge is 0.377 e. The first kappa shape index (κ1) is 20.6. The van der Waals surface area contributed by atoms with E-state index >= 15 is 0 Å². The lowest BCUT2D eigenvalue weighted by Gasteiger charge is -2.35. The lowest BCUT2D eigenvalue weighted by atomic mass is 10.0. The van der Waals surface area contributed by atoms with Crippen molar-refractivity contribution in [3.63, 3.8) is 0 Å². The van der Waals surface area contributed by atoms with Crippen molar-refractivity contribution < 1.29 is 14.3 Å². The van der Waals surface area contributed by atoms with Crippen molar-refractivity contribution in [3.05, 3.63) is 35.5 Å². The van der Waals surface area contributed by atoms with Crippen LogP contribution in [0.15, 0.2) is 24.3 Å². The Morgan fingerprint density at radius 1 is 1.27 bits per heavy atom. The minimum atomic E-state index is -0.461. The molecule has 0 bridgehead atoms. The molecule has 0 spiro atoms. The minimum Gasteiger partial charge on any atom is -0.377 e. The number of nitrogens with zero attached hydrogens (tertiary/aromatic N) is 3. The third kappa shape index (κ3) is 3.97. The topological polar surface area (TPSA) is 88.6 Å². The van der Waals surface area contributed by atoms with Gasteiger partial charge in [-0.2, -0.15) is 0 Å². The molecule has 2 amide bonds. The molecule has 0 aliphatic carbocycles. The molecule has 0 unspecified atom stereocenters. The van der Waals surface area contributed by atoms with Crippen molar-refractivity contribution >= 4 is 17.5 Å². The second-order valence-electron chi connectivity index (χ2n) is 8.18. The maximum atomic E-state index is 11.7. The van der Waals surface area contributed by atoms with Crippen molar-refractivity contribution in [1.29, 1.82) is 0 Å². The summed E-state index contributed by atoms with van der Waals surface area (Å²) in [5.74, 6) is 1.59. The van der Waals surface area contributed by atoms with E-state index < -0.39 is 5.60 Å². The number of urea groups is 1. The Labute approximate surface area is 177 Å². The molecule has 8 nitrogen and oxygen atoms in total. The number of benzene rings is 1. The molecule has 1 fully saturated rings. The van der Waals surface area contributed by atoms with E-state index in [1.165, 1.54) is 0 Å². The van der Waals surface area contributed by atoms with Crippen molar-refractivity contribution in [2.24, 2.45) is 0 Å². The highest BCUT2D eigenvalue weighted by atomic mass is 16.5. The average molecular weight is 412 g/mol. The average Bonchev–Trinajstić information content (AvgIpc) is 3.03. The van der Waals surface area contributed by atoms with E-state index in [1.54, 1.807) is 0 Å². The number of aromatic nitrogens is 2. The number of morpholine rings is 1. The first-order valence-electron chi connectivity index (χ1n) is 10.4. The van der Waals surface area contributed by atoms with Crippen LogP contribution in [0, 0.1) is 0 Å². The number of ether oxygens (including phenoxy) is 2. The molecule has 2 N–H and O–H groups in total. The van der Waals surface area contributed by atoms with Crippen molar-refractivity contribution in [3.8, 4) is 11.4 Å². The maximum absolute atomic E-state index is 11.7. The van der Waals surface area contributed by atoms with Crippen LogP contribution in [0.1, 0.15) is 39.0 Å². The van der Waals surface area contributed by atoms with E-state index in [4.69, 9.17) is 19.4 Å². The van der Waals surface area contributed by atoms with Gasteiger partial charge in [0.1, 0.15) is 11.4 Å². The summed E-state index contributed by atoms with van der Waals surface area (Å²) in [5.41, 5.74) is 3.15. The molecule has 3 heterocycles. The predicted octanol–water partition coefficient (Wildman–Crippen LogP) is 3.28. The van der Waals surface area contributed by atoms with Gasteiger partial charge in [-0.1, -0.05) is 0 Å². The molecule has 2 aliphatic rings. The van der Waals surface area contributed by atoms with E-state index in [0.29, 0.717) is 32.2 Å². The van der Waals surface area contributed by atoms with Crippen LogP contribution in [-0.2, 0) is 21.7 Å². The second-order valence-corrected chi connectivity index (χ2v) is 8.18. The van der Waals surface area contributed by atoms with Crippen LogP contribution in [0.2, 0.25) is 0 Å². The van der Waals surface area contributed by atoms with Gasteiger partial charge in [-0.3, -0.25) is 0 Å². The Hall–Kier alpha value is -2.71. The van der Waals surface area contributed by atoms with Gasteiger partial charge in [0.15, 0.2) is 5.82 Å². The Bertz CT molecular complexity index is 929. The highest BCUT2D eigenvalue weighted by molar-refractivity contribution is 5.89. The molecule has 2 aromatic rings. The highest BCUT2D eigenvalue weighted by Gasteiger charge is 2.38. The number of hydrogen-bond acceptors (Lipinski definition) is 6. The van der Waals surface area contributed by atoms with E-state index in [1.807, 2.05) is 45.0 Å². The van der Waals surface area contributed by atoms with Crippen LogP contribution < -0.4 is 15.5 Å². The first-order chi connectivity index (χ1) is 14.4. The zero-order valence-corrected chi connectivity index (χ0v) is 18.0. The van der Waals surface area contributed by atoms with Gasteiger partial charge in [0.25, 0.3) is 0 Å². The Morgan fingerprint density at radius 2 is 2.03 bits per heavy atom. The third-order valence-electron chi connectivity index (χ3n) is 5.51. The SMILES string of the molecule is CCNC(=O)Nc1ccc(-c2nc(N3CCOC[C@@H]3C)c3c(n2)C(C)(C)OC3)cc1. The highest BCUT2D eigenvalue weighted by Crippen LogP contribution is 2.40. The van der Waals surface area contributed by atoms with E-state index in [0.717, 1.165) is 34.9 Å². The van der Waals surface area contributed by atoms with Gasteiger partial charge in [-0.05, 0) is 52.0 Å². The number of anilines is 2. The summed E-state index contributed by atoms with van der Waals surface area (Å²) in [6.45, 7) is 11.4. The second kappa shape index (κ2) is 8.20. The van der Waals surface area contributed by atoms with Crippen molar-refractivity contribution in [2.75, 3.05) is 36.5 Å². The quantitative estimate of drug-likeness (QED) is 0.803. The number of hydrogen-bond donors (Lipinski definition) is 2. The molecule has 1 aromatic carbocycles. The van der Waals surface area contributed by atoms with Gasteiger partial charge < -0.3 is 25.0 Å². The van der Waals surface area contributed by atoms with Crippen LogP contribution in [-0.4, -0.2) is 48.3 Å². The summed E-state index contributed by atoms with van der Waals surface area (Å²) in [6, 6.07) is 7.59. The summed E-state index contributed by atoms with van der Waals surface area (Å²) in [4.78, 5) is 23.9. The standard InChI is InChI=1S/C22H29N5O3/c1-5-23-21(28)24-16-8-6-15(7-9-16)19-25-18-17(13-30-22(18,3)4)20(26-19)27-10-11-29-12-14(27)2/h6-9,14H,5,10-13H2,1-4H3,(H2,23,24,28)/t14-/m0/s1. The summed E-state index contributed by atoms with van der Waals surface area (Å²) < 4.78 is 11.7. The fourth-order valence-electron chi connectivity index (χ4n) is 3.87. The van der Waals surface area contributed by atoms with Gasteiger partial charge in [-0.25, -0.2) is 14.8 Å². The molecule has 1 aromatic heterocycles. The lowest BCUT2D eigenvalue weighted by molar-refractivity contribution is -0.0100. The van der Waals surface area contributed by atoms with Crippen LogP contribution in [0.25, 0.3) is 11.4 Å². The van der Waals surface area contributed by atoms with Gasteiger partial charge in [0.2, 0.25) is 0 Å². The molecule has 4 rings (SSSR count). The molecule has 30 heavy (non-hydrogen) atoms. The predicted molar refractivity (Wildman–Crippen MR) is 116 cm³/mol. The number of carbonyl (C=O) groups excluding carboxylic acids is 1. The summed E-state index contributed by atoms with van der Waals surface area (Å²) in [5, 5.41) is 5.53. The maximum Gasteiger partial charge on any atom is 0.319 e. The molecule has 2 aliphatic heterocycles. The molecular weight excluding hydrogens is 382 g/mol. The molecule has 0 radical (unpaired) electrons. The van der Waals surface area contributed by atoms with Crippen LogP contribution in [0.3, 0.4) is 0 Å². The Kier molecular flexibility index (Phi) is 5.62. The van der Waals surface area contributed by atoms with Gasteiger partial charge in [0.05, 0.1) is 31.6 Å². The first-order valence-corrected chi connectivity index (χ1v) is 10.4. The van der Waals surface area contributed by atoms with E-state index in [9.17, 15) is 4.79 Å². The number of nitrogens with one attached hydrogen (secondary N) is 2. The Morgan fingerprint density at radius 3 is 2.73 bits per heavy atom. The normalized spacial score (nSPS) is 20.0. The fourth-order valence-corrected chi connectivity index (χ4v) is 3.87.